The maximum atomic E-state index is 12.3. The number of fused-ring (bicyclic) bond motifs is 1. The zero-order valence-electron chi connectivity index (χ0n) is 13.0. The average Bonchev–Trinajstić information content (AvgIpc) is 2.63. The summed E-state index contributed by atoms with van der Waals surface area (Å²) in [5, 5.41) is 0. The summed E-state index contributed by atoms with van der Waals surface area (Å²) >= 11 is 0. The Bertz CT molecular complexity index is 848. The molecular weight excluding hydrogens is 280 g/mol. The lowest BCUT2D eigenvalue weighted by molar-refractivity contribution is 0.0972. The molecule has 0 saturated heterocycles. The molecule has 0 aromatic heterocycles. The first-order valence-electron chi connectivity index (χ1n) is 8.14. The van der Waals surface area contributed by atoms with E-state index in [4.69, 9.17) is 0 Å². The Hall–Kier alpha value is -2.67. The van der Waals surface area contributed by atoms with Crippen LogP contribution in [0.1, 0.15) is 28.8 Å². The summed E-state index contributed by atoms with van der Waals surface area (Å²) in [5.41, 5.74) is 6.82. The van der Waals surface area contributed by atoms with Crippen molar-refractivity contribution < 1.29 is 4.79 Å². The van der Waals surface area contributed by atoms with Gasteiger partial charge in [-0.25, -0.2) is 0 Å². The minimum atomic E-state index is 0.281. The van der Waals surface area contributed by atoms with Crippen molar-refractivity contribution in [2.75, 3.05) is 0 Å². The third-order valence-corrected chi connectivity index (χ3v) is 4.56. The summed E-state index contributed by atoms with van der Waals surface area (Å²) in [5.74, 6) is 0.281. The summed E-state index contributed by atoms with van der Waals surface area (Å²) in [6.07, 6.45) is 2.63. The van der Waals surface area contributed by atoms with Crippen LogP contribution in [0, 0.1) is 0 Å². The molecule has 23 heavy (non-hydrogen) atoms. The molecule has 0 heterocycles. The van der Waals surface area contributed by atoms with E-state index in [0.717, 1.165) is 29.5 Å². The molecule has 0 N–H and O–H groups in total. The zero-order valence-corrected chi connectivity index (χ0v) is 13.0. The predicted octanol–water partition coefficient (Wildman–Crippen LogP) is 5.54. The smallest absolute Gasteiger partial charge is 0.163 e. The number of aryl methyl sites for hydroxylation is 1. The third kappa shape index (κ3) is 2.59. The van der Waals surface area contributed by atoms with Crippen molar-refractivity contribution in [3.05, 3.63) is 83.9 Å². The number of Topliss-reactive ketones (excluding diaryl/α,β-unsaturated/α-hetero) is 1. The van der Waals surface area contributed by atoms with Crippen LogP contribution in [-0.2, 0) is 6.42 Å². The van der Waals surface area contributed by atoms with Gasteiger partial charge in [0.25, 0.3) is 0 Å². The highest BCUT2D eigenvalue weighted by molar-refractivity contribution is 6.01. The molecule has 0 atom stereocenters. The minimum absolute atomic E-state index is 0.281. The lowest BCUT2D eigenvalue weighted by atomic mass is 9.84. The number of rotatable bonds is 2. The molecule has 0 aliphatic heterocycles. The van der Waals surface area contributed by atoms with Crippen LogP contribution < -0.4 is 0 Å². The van der Waals surface area contributed by atoms with Crippen LogP contribution >= 0.6 is 0 Å². The molecule has 0 radical (unpaired) electrons. The Kier molecular flexibility index (Phi) is 3.55. The molecule has 0 fully saturated rings. The molecule has 1 heteroatoms. The molecule has 3 aromatic rings. The van der Waals surface area contributed by atoms with Crippen LogP contribution in [0.5, 0.6) is 0 Å². The number of benzene rings is 3. The average molecular weight is 298 g/mol. The summed E-state index contributed by atoms with van der Waals surface area (Å²) in [6.45, 7) is 0. The Labute approximate surface area is 136 Å². The zero-order chi connectivity index (χ0) is 15.6. The van der Waals surface area contributed by atoms with E-state index < -0.39 is 0 Å². The molecule has 0 bridgehead atoms. The highest BCUT2D eigenvalue weighted by Gasteiger charge is 2.20. The Morgan fingerprint density at radius 2 is 1.17 bits per heavy atom. The second-order valence-corrected chi connectivity index (χ2v) is 6.06. The largest absolute Gasteiger partial charge is 0.294 e. The lowest BCUT2D eigenvalue weighted by Crippen LogP contribution is -2.11. The molecule has 0 unspecified atom stereocenters. The van der Waals surface area contributed by atoms with E-state index in [-0.39, 0.29) is 5.78 Å². The minimum Gasteiger partial charge on any atom is -0.294 e. The van der Waals surface area contributed by atoms with Gasteiger partial charge in [0.2, 0.25) is 0 Å². The van der Waals surface area contributed by atoms with Crippen molar-refractivity contribution in [2.24, 2.45) is 0 Å². The maximum absolute atomic E-state index is 12.3. The molecule has 0 spiro atoms. The second-order valence-electron chi connectivity index (χ2n) is 6.06. The Balaban J connectivity index is 1.98. The maximum Gasteiger partial charge on any atom is 0.163 e. The SMILES string of the molecule is O=C1CCCc2cc(-c3ccccc3)c(-c3ccccc3)cc21. The van der Waals surface area contributed by atoms with Gasteiger partial charge in [-0.05, 0) is 52.8 Å². The lowest BCUT2D eigenvalue weighted by Gasteiger charge is -2.19. The van der Waals surface area contributed by atoms with Gasteiger partial charge in [-0.2, -0.15) is 0 Å². The first kappa shape index (κ1) is 14.0. The first-order chi connectivity index (χ1) is 11.3. The third-order valence-electron chi connectivity index (χ3n) is 4.56. The van der Waals surface area contributed by atoms with Crippen LogP contribution in [-0.4, -0.2) is 5.78 Å². The number of carbonyl (C=O) groups is 1. The number of ketones is 1. The van der Waals surface area contributed by atoms with Gasteiger partial charge in [0.05, 0.1) is 0 Å². The van der Waals surface area contributed by atoms with Crippen LogP contribution in [0.15, 0.2) is 72.8 Å². The van der Waals surface area contributed by atoms with Gasteiger partial charge in [0.15, 0.2) is 5.78 Å². The van der Waals surface area contributed by atoms with E-state index in [0.29, 0.717) is 6.42 Å². The number of hydrogen-bond donors (Lipinski definition) is 0. The molecule has 0 saturated carbocycles. The van der Waals surface area contributed by atoms with Gasteiger partial charge in [-0.3, -0.25) is 4.79 Å². The van der Waals surface area contributed by atoms with Crippen molar-refractivity contribution in [2.45, 2.75) is 19.3 Å². The van der Waals surface area contributed by atoms with E-state index in [1.165, 1.54) is 16.7 Å². The molecule has 1 aliphatic carbocycles. The van der Waals surface area contributed by atoms with Gasteiger partial charge in [-0.15, -0.1) is 0 Å². The van der Waals surface area contributed by atoms with E-state index in [1.54, 1.807) is 0 Å². The fraction of sp³-hybridized carbons (Fsp3) is 0.136. The standard InChI is InChI=1S/C22H18O/c23-22-13-7-12-18-14-19(16-8-3-1-4-9-16)20(15-21(18)22)17-10-5-2-6-11-17/h1-6,8-11,14-15H,7,12-13H2. The molecule has 112 valence electrons. The number of hydrogen-bond acceptors (Lipinski definition) is 1. The van der Waals surface area contributed by atoms with E-state index in [1.807, 2.05) is 24.3 Å². The second kappa shape index (κ2) is 5.85. The van der Waals surface area contributed by atoms with E-state index >= 15 is 0 Å². The Morgan fingerprint density at radius 3 is 1.78 bits per heavy atom. The van der Waals surface area contributed by atoms with Crippen molar-refractivity contribution in [3.8, 4) is 22.3 Å². The highest BCUT2D eigenvalue weighted by Crippen LogP contribution is 2.36. The van der Waals surface area contributed by atoms with E-state index in [9.17, 15) is 4.79 Å². The molecule has 4 rings (SSSR count). The van der Waals surface area contributed by atoms with Crippen LogP contribution in [0.25, 0.3) is 22.3 Å². The molecule has 1 aliphatic rings. The predicted molar refractivity (Wildman–Crippen MR) is 94.6 cm³/mol. The fourth-order valence-corrected chi connectivity index (χ4v) is 3.40. The normalized spacial score (nSPS) is 13.7. The number of carbonyl (C=O) groups excluding carboxylic acids is 1. The quantitative estimate of drug-likeness (QED) is 0.607. The van der Waals surface area contributed by atoms with Gasteiger partial charge in [-0.1, -0.05) is 60.7 Å². The van der Waals surface area contributed by atoms with Crippen LogP contribution in [0.4, 0.5) is 0 Å². The van der Waals surface area contributed by atoms with Gasteiger partial charge in [0, 0.05) is 12.0 Å². The summed E-state index contributed by atoms with van der Waals surface area (Å²) < 4.78 is 0. The van der Waals surface area contributed by atoms with Crippen molar-refractivity contribution in [3.63, 3.8) is 0 Å². The van der Waals surface area contributed by atoms with Crippen molar-refractivity contribution in [1.82, 2.24) is 0 Å². The van der Waals surface area contributed by atoms with Crippen molar-refractivity contribution in [1.29, 1.82) is 0 Å². The van der Waals surface area contributed by atoms with Gasteiger partial charge >= 0.3 is 0 Å². The molecule has 1 nitrogen and oxygen atoms in total. The summed E-state index contributed by atoms with van der Waals surface area (Å²) in [6, 6.07) is 25.1. The highest BCUT2D eigenvalue weighted by atomic mass is 16.1. The summed E-state index contributed by atoms with van der Waals surface area (Å²) in [7, 11) is 0. The topological polar surface area (TPSA) is 17.1 Å². The Morgan fingerprint density at radius 1 is 0.609 bits per heavy atom. The molecular formula is C22H18O. The monoisotopic (exact) mass is 298 g/mol. The van der Waals surface area contributed by atoms with Gasteiger partial charge in [0.1, 0.15) is 0 Å². The first-order valence-corrected chi connectivity index (χ1v) is 8.14. The van der Waals surface area contributed by atoms with Crippen molar-refractivity contribution >= 4 is 5.78 Å². The molecule has 0 amide bonds. The van der Waals surface area contributed by atoms with Gasteiger partial charge < -0.3 is 0 Å². The van der Waals surface area contributed by atoms with Crippen LogP contribution in [0.3, 0.4) is 0 Å². The fourth-order valence-electron chi connectivity index (χ4n) is 3.40. The van der Waals surface area contributed by atoms with E-state index in [2.05, 4.69) is 48.5 Å². The van der Waals surface area contributed by atoms with Crippen LogP contribution in [0.2, 0.25) is 0 Å². The summed E-state index contributed by atoms with van der Waals surface area (Å²) in [4.78, 5) is 12.3. The molecule has 3 aromatic carbocycles.